The topological polar surface area (TPSA) is 52.6 Å². The highest BCUT2D eigenvalue weighted by Crippen LogP contribution is 2.23. The summed E-state index contributed by atoms with van der Waals surface area (Å²) in [5.41, 5.74) is 3.75. The van der Waals surface area contributed by atoms with Gasteiger partial charge in [0.1, 0.15) is 13.2 Å². The number of carbonyl (C=O) groups excluding carboxylic acids is 2. The molecule has 2 rings (SSSR count). The molecule has 1 aromatic carbocycles. The lowest BCUT2D eigenvalue weighted by molar-refractivity contribution is -0.146. The van der Waals surface area contributed by atoms with Gasteiger partial charge in [0, 0.05) is 11.6 Å². The van der Waals surface area contributed by atoms with E-state index in [0.717, 1.165) is 18.4 Å². The van der Waals surface area contributed by atoms with Crippen molar-refractivity contribution >= 4 is 23.6 Å². The summed E-state index contributed by atoms with van der Waals surface area (Å²) in [5.74, 6) is -0.967. The molecule has 25 heavy (non-hydrogen) atoms. The average Bonchev–Trinajstić information content (AvgIpc) is 2.64. The van der Waals surface area contributed by atoms with Crippen LogP contribution in [0.25, 0.3) is 11.6 Å². The van der Waals surface area contributed by atoms with Gasteiger partial charge in [-0.3, -0.25) is 0 Å². The molecule has 0 saturated heterocycles. The Morgan fingerprint density at radius 3 is 2.52 bits per heavy atom. The minimum atomic E-state index is -0.491. The van der Waals surface area contributed by atoms with Crippen molar-refractivity contribution in [3.8, 4) is 0 Å². The molecule has 0 heterocycles. The first-order valence-electron chi connectivity index (χ1n) is 8.20. The fourth-order valence-corrected chi connectivity index (χ4v) is 2.26. The fraction of sp³-hybridized carbons (Fsp3) is 0.238. The predicted molar refractivity (Wildman–Crippen MR) is 98.6 cm³/mol. The van der Waals surface area contributed by atoms with Gasteiger partial charge in [-0.25, -0.2) is 9.59 Å². The molecule has 1 aliphatic carbocycles. The molecular weight excluding hydrogens is 316 g/mol. The summed E-state index contributed by atoms with van der Waals surface area (Å²) >= 11 is 0. The van der Waals surface area contributed by atoms with E-state index in [2.05, 4.69) is 24.8 Å². The molecule has 0 N–H and O–H groups in total. The van der Waals surface area contributed by atoms with Crippen molar-refractivity contribution in [2.45, 2.75) is 19.8 Å². The smallest absolute Gasteiger partial charge is 0.333 e. The van der Waals surface area contributed by atoms with Crippen molar-refractivity contribution in [3.05, 3.63) is 71.8 Å². The molecule has 0 radical (unpaired) electrons. The molecule has 0 bridgehead atoms. The molecule has 0 amide bonds. The maximum atomic E-state index is 11.6. The van der Waals surface area contributed by atoms with E-state index in [1.807, 2.05) is 24.3 Å². The zero-order chi connectivity index (χ0) is 18.1. The largest absolute Gasteiger partial charge is 0.459 e. The van der Waals surface area contributed by atoms with Crippen LogP contribution in [-0.2, 0) is 19.1 Å². The van der Waals surface area contributed by atoms with Crippen LogP contribution in [0, 0.1) is 0 Å². The molecule has 4 nitrogen and oxygen atoms in total. The Morgan fingerprint density at radius 1 is 1.16 bits per heavy atom. The van der Waals surface area contributed by atoms with E-state index in [0.29, 0.717) is 5.57 Å². The van der Waals surface area contributed by atoms with E-state index in [4.69, 9.17) is 9.47 Å². The summed E-state index contributed by atoms with van der Waals surface area (Å²) in [5, 5.41) is 0. The summed E-state index contributed by atoms with van der Waals surface area (Å²) in [6.07, 6.45) is 11.5. The molecule has 0 spiro atoms. The standard InChI is InChI=1S/C21H22O4/c1-16(2)21(23)25-15-14-24-20(22)13-10-17-8-11-19(12-9-17)18-6-4-3-5-7-18/h3-4,6,8-13H,1,5,7,14-15H2,2H3/b13-10+. The first-order valence-corrected chi connectivity index (χ1v) is 8.20. The van der Waals surface area contributed by atoms with Gasteiger partial charge in [-0.2, -0.15) is 0 Å². The van der Waals surface area contributed by atoms with Crippen molar-refractivity contribution in [1.29, 1.82) is 0 Å². The SMILES string of the molecule is C=C(C)C(=O)OCCOC(=O)/C=C/c1ccc(C2=CC=CCC2)cc1. The number of esters is 2. The minimum absolute atomic E-state index is 0.0167. The second kappa shape index (κ2) is 9.42. The predicted octanol–water partition coefficient (Wildman–Crippen LogP) is 4.10. The van der Waals surface area contributed by atoms with E-state index in [1.165, 1.54) is 17.2 Å². The van der Waals surface area contributed by atoms with Gasteiger partial charge >= 0.3 is 11.9 Å². The monoisotopic (exact) mass is 338 g/mol. The number of rotatable bonds is 7. The molecule has 0 aliphatic heterocycles. The van der Waals surface area contributed by atoms with Crippen molar-refractivity contribution in [3.63, 3.8) is 0 Å². The Bertz CT molecular complexity index is 721. The zero-order valence-corrected chi connectivity index (χ0v) is 14.4. The van der Waals surface area contributed by atoms with Crippen molar-refractivity contribution in [2.24, 2.45) is 0 Å². The zero-order valence-electron chi connectivity index (χ0n) is 14.4. The Morgan fingerprint density at radius 2 is 1.88 bits per heavy atom. The number of allylic oxidation sites excluding steroid dienone is 4. The first-order chi connectivity index (χ1) is 12.1. The second-order valence-electron chi connectivity index (χ2n) is 5.70. The third kappa shape index (κ3) is 6.26. The van der Waals surface area contributed by atoms with Crippen LogP contribution >= 0.6 is 0 Å². The molecule has 0 aromatic heterocycles. The molecule has 130 valence electrons. The van der Waals surface area contributed by atoms with E-state index >= 15 is 0 Å². The number of ether oxygens (including phenoxy) is 2. The summed E-state index contributed by atoms with van der Waals surface area (Å²) in [4.78, 5) is 22.8. The van der Waals surface area contributed by atoms with Gasteiger partial charge < -0.3 is 9.47 Å². The summed E-state index contributed by atoms with van der Waals surface area (Å²) in [6, 6.07) is 8.03. The first kappa shape index (κ1) is 18.5. The lowest BCUT2D eigenvalue weighted by atomic mass is 9.96. The Hall–Kier alpha value is -2.88. The van der Waals surface area contributed by atoms with Crippen LogP contribution in [0.1, 0.15) is 30.9 Å². The number of hydrogen-bond donors (Lipinski definition) is 0. The average molecular weight is 338 g/mol. The van der Waals surface area contributed by atoms with E-state index in [1.54, 1.807) is 13.0 Å². The summed E-state index contributed by atoms with van der Waals surface area (Å²) in [6.45, 7) is 5.06. The molecular formula is C21H22O4. The van der Waals surface area contributed by atoms with Crippen LogP contribution in [0.15, 0.2) is 60.7 Å². The van der Waals surface area contributed by atoms with Crippen LogP contribution in [0.2, 0.25) is 0 Å². The third-order valence-electron chi connectivity index (χ3n) is 3.62. The fourth-order valence-electron chi connectivity index (χ4n) is 2.26. The van der Waals surface area contributed by atoms with Gasteiger partial charge in [0.2, 0.25) is 0 Å². The van der Waals surface area contributed by atoms with Gasteiger partial charge in [0.25, 0.3) is 0 Å². The Labute approximate surface area is 148 Å². The lowest BCUT2D eigenvalue weighted by Crippen LogP contribution is -2.12. The third-order valence-corrected chi connectivity index (χ3v) is 3.62. The van der Waals surface area contributed by atoms with E-state index in [-0.39, 0.29) is 13.2 Å². The van der Waals surface area contributed by atoms with Crippen LogP contribution in [0.4, 0.5) is 0 Å². The van der Waals surface area contributed by atoms with Crippen molar-refractivity contribution in [2.75, 3.05) is 13.2 Å². The van der Waals surface area contributed by atoms with Gasteiger partial charge in [-0.1, -0.05) is 49.1 Å². The summed E-state index contributed by atoms with van der Waals surface area (Å²) in [7, 11) is 0. The Balaban J connectivity index is 1.78. The van der Waals surface area contributed by atoms with Crippen LogP contribution < -0.4 is 0 Å². The van der Waals surface area contributed by atoms with E-state index in [9.17, 15) is 9.59 Å². The quantitative estimate of drug-likeness (QED) is 0.427. The highest BCUT2D eigenvalue weighted by Gasteiger charge is 2.04. The van der Waals surface area contributed by atoms with Gasteiger partial charge in [-0.15, -0.1) is 0 Å². The van der Waals surface area contributed by atoms with Crippen LogP contribution in [-0.4, -0.2) is 25.2 Å². The minimum Gasteiger partial charge on any atom is -0.459 e. The van der Waals surface area contributed by atoms with Crippen LogP contribution in [0.5, 0.6) is 0 Å². The summed E-state index contributed by atoms with van der Waals surface area (Å²) < 4.78 is 9.80. The molecule has 0 saturated carbocycles. The van der Waals surface area contributed by atoms with Gasteiger partial charge in [0.15, 0.2) is 0 Å². The maximum absolute atomic E-state index is 11.6. The lowest BCUT2D eigenvalue weighted by Gasteiger charge is -2.09. The molecule has 1 aromatic rings. The molecule has 0 unspecified atom stereocenters. The van der Waals surface area contributed by atoms with Gasteiger partial charge in [0.05, 0.1) is 0 Å². The number of benzene rings is 1. The Kier molecular flexibility index (Phi) is 6.96. The molecule has 4 heteroatoms. The van der Waals surface area contributed by atoms with E-state index < -0.39 is 11.9 Å². The van der Waals surface area contributed by atoms with Crippen molar-refractivity contribution in [1.82, 2.24) is 0 Å². The second-order valence-corrected chi connectivity index (χ2v) is 5.70. The van der Waals surface area contributed by atoms with Crippen molar-refractivity contribution < 1.29 is 19.1 Å². The molecule has 0 atom stereocenters. The number of carbonyl (C=O) groups is 2. The van der Waals surface area contributed by atoms with Gasteiger partial charge in [-0.05, 0) is 42.5 Å². The number of hydrogen-bond acceptors (Lipinski definition) is 4. The molecule has 0 fully saturated rings. The maximum Gasteiger partial charge on any atom is 0.333 e. The normalized spacial score (nSPS) is 13.4. The highest BCUT2D eigenvalue weighted by atomic mass is 16.6. The highest BCUT2D eigenvalue weighted by molar-refractivity contribution is 5.87. The molecule has 1 aliphatic rings. The van der Waals surface area contributed by atoms with Crippen LogP contribution in [0.3, 0.4) is 0 Å².